The number of nitrogens with one attached hydrogen (secondary N) is 1. The van der Waals surface area contributed by atoms with Crippen LogP contribution in [0.3, 0.4) is 0 Å². The van der Waals surface area contributed by atoms with Crippen LogP contribution in [0, 0.1) is 5.92 Å². The smallest absolute Gasteiger partial charge is 0.150 e. The SMILES string of the molecule is CCCC(C)CC(=O)C1CCCN1. The predicted octanol–water partition coefficient (Wildman–Crippen LogP) is 2.13. The molecule has 0 aromatic heterocycles. The van der Waals surface area contributed by atoms with Gasteiger partial charge in [-0.2, -0.15) is 0 Å². The van der Waals surface area contributed by atoms with E-state index in [1.807, 2.05) is 0 Å². The molecule has 0 radical (unpaired) electrons. The molecule has 13 heavy (non-hydrogen) atoms. The number of ketones is 1. The minimum absolute atomic E-state index is 0.180. The van der Waals surface area contributed by atoms with Gasteiger partial charge in [-0.1, -0.05) is 26.7 Å². The molecule has 1 rings (SSSR count). The summed E-state index contributed by atoms with van der Waals surface area (Å²) in [6, 6.07) is 0.180. The average molecular weight is 183 g/mol. The van der Waals surface area contributed by atoms with Gasteiger partial charge >= 0.3 is 0 Å². The molecule has 2 heteroatoms. The van der Waals surface area contributed by atoms with Gasteiger partial charge < -0.3 is 5.32 Å². The van der Waals surface area contributed by atoms with Crippen molar-refractivity contribution in [2.24, 2.45) is 5.92 Å². The van der Waals surface area contributed by atoms with Gasteiger partial charge in [0.2, 0.25) is 0 Å². The van der Waals surface area contributed by atoms with Crippen LogP contribution in [0.2, 0.25) is 0 Å². The molecule has 76 valence electrons. The summed E-state index contributed by atoms with van der Waals surface area (Å²) >= 11 is 0. The van der Waals surface area contributed by atoms with E-state index in [4.69, 9.17) is 0 Å². The highest BCUT2D eigenvalue weighted by atomic mass is 16.1. The van der Waals surface area contributed by atoms with Crippen molar-refractivity contribution in [2.45, 2.75) is 52.0 Å². The Kier molecular flexibility index (Phi) is 4.43. The number of Topliss-reactive ketones (excluding diaryl/α,β-unsaturated/α-hetero) is 1. The first-order valence-corrected chi connectivity index (χ1v) is 5.50. The summed E-state index contributed by atoms with van der Waals surface area (Å²) in [5, 5.41) is 3.25. The lowest BCUT2D eigenvalue weighted by Crippen LogP contribution is -2.31. The first-order valence-electron chi connectivity index (χ1n) is 5.50. The Hall–Kier alpha value is -0.370. The van der Waals surface area contributed by atoms with Gasteiger partial charge in [0.1, 0.15) is 5.78 Å². The normalized spacial score (nSPS) is 24.6. The van der Waals surface area contributed by atoms with Gasteiger partial charge in [-0.25, -0.2) is 0 Å². The number of carbonyl (C=O) groups excluding carboxylic acids is 1. The van der Waals surface area contributed by atoms with Crippen molar-refractivity contribution in [1.29, 1.82) is 0 Å². The number of hydrogen-bond acceptors (Lipinski definition) is 2. The molecular weight excluding hydrogens is 162 g/mol. The van der Waals surface area contributed by atoms with Crippen molar-refractivity contribution < 1.29 is 4.79 Å². The van der Waals surface area contributed by atoms with E-state index in [0.29, 0.717) is 11.7 Å². The highest BCUT2D eigenvalue weighted by Gasteiger charge is 2.22. The molecular formula is C11H21NO. The first-order chi connectivity index (χ1) is 6.24. The van der Waals surface area contributed by atoms with E-state index in [-0.39, 0.29) is 6.04 Å². The molecule has 2 atom stereocenters. The highest BCUT2D eigenvalue weighted by molar-refractivity contribution is 5.84. The van der Waals surface area contributed by atoms with E-state index in [0.717, 1.165) is 19.4 Å². The molecule has 1 aliphatic heterocycles. The van der Waals surface area contributed by atoms with Crippen molar-refractivity contribution in [1.82, 2.24) is 5.32 Å². The van der Waals surface area contributed by atoms with Gasteiger partial charge in [0.25, 0.3) is 0 Å². The lowest BCUT2D eigenvalue weighted by molar-refractivity contribution is -0.121. The summed E-state index contributed by atoms with van der Waals surface area (Å²) in [6.07, 6.45) is 5.35. The lowest BCUT2D eigenvalue weighted by Gasteiger charge is -2.13. The Morgan fingerprint density at radius 1 is 1.62 bits per heavy atom. The Labute approximate surface area is 81.1 Å². The van der Waals surface area contributed by atoms with Crippen LogP contribution < -0.4 is 5.32 Å². The molecule has 0 aromatic carbocycles. The molecule has 0 spiro atoms. The van der Waals surface area contributed by atoms with Crippen LogP contribution in [-0.4, -0.2) is 18.4 Å². The molecule has 0 amide bonds. The second-order valence-corrected chi connectivity index (χ2v) is 4.21. The summed E-state index contributed by atoms with van der Waals surface area (Å²) in [4.78, 5) is 11.7. The Balaban J connectivity index is 2.23. The summed E-state index contributed by atoms with van der Waals surface area (Å²) in [5.74, 6) is 0.998. The number of carbonyl (C=O) groups is 1. The summed E-state index contributed by atoms with van der Waals surface area (Å²) in [6.45, 7) is 5.38. The van der Waals surface area contributed by atoms with Crippen molar-refractivity contribution in [3.63, 3.8) is 0 Å². The lowest BCUT2D eigenvalue weighted by atomic mass is 9.96. The maximum Gasteiger partial charge on any atom is 0.150 e. The van der Waals surface area contributed by atoms with Gasteiger partial charge in [-0.05, 0) is 25.3 Å². The van der Waals surface area contributed by atoms with Gasteiger partial charge in [0.15, 0.2) is 0 Å². The third kappa shape index (κ3) is 3.47. The first kappa shape index (κ1) is 10.7. The van der Waals surface area contributed by atoms with Crippen LogP contribution >= 0.6 is 0 Å². The molecule has 0 bridgehead atoms. The maximum atomic E-state index is 11.7. The van der Waals surface area contributed by atoms with E-state index in [9.17, 15) is 4.79 Å². The molecule has 1 saturated heterocycles. The monoisotopic (exact) mass is 183 g/mol. The number of rotatable bonds is 5. The van der Waals surface area contributed by atoms with Crippen LogP contribution in [0.25, 0.3) is 0 Å². The van der Waals surface area contributed by atoms with Crippen LogP contribution in [-0.2, 0) is 4.79 Å². The summed E-state index contributed by atoms with van der Waals surface area (Å²) in [5.41, 5.74) is 0. The second kappa shape index (κ2) is 5.38. The van der Waals surface area contributed by atoms with Gasteiger partial charge in [0.05, 0.1) is 6.04 Å². The Morgan fingerprint density at radius 2 is 2.38 bits per heavy atom. The summed E-state index contributed by atoms with van der Waals surface area (Å²) in [7, 11) is 0. The van der Waals surface area contributed by atoms with Crippen molar-refractivity contribution >= 4 is 5.78 Å². The van der Waals surface area contributed by atoms with Crippen molar-refractivity contribution in [2.75, 3.05) is 6.54 Å². The topological polar surface area (TPSA) is 29.1 Å². The highest BCUT2D eigenvalue weighted by Crippen LogP contribution is 2.15. The zero-order valence-electron chi connectivity index (χ0n) is 8.81. The van der Waals surface area contributed by atoms with Gasteiger partial charge in [-0.3, -0.25) is 4.79 Å². The zero-order valence-corrected chi connectivity index (χ0v) is 8.81. The van der Waals surface area contributed by atoms with E-state index < -0.39 is 0 Å². The molecule has 0 aliphatic carbocycles. The largest absolute Gasteiger partial charge is 0.307 e. The zero-order chi connectivity index (χ0) is 9.68. The average Bonchev–Trinajstić information content (AvgIpc) is 2.55. The number of hydrogen-bond donors (Lipinski definition) is 1. The standard InChI is InChI=1S/C11H21NO/c1-3-5-9(2)8-11(13)10-6-4-7-12-10/h9-10,12H,3-8H2,1-2H3. The Bertz CT molecular complexity index is 161. The van der Waals surface area contributed by atoms with E-state index in [1.165, 1.54) is 19.3 Å². The van der Waals surface area contributed by atoms with Gasteiger partial charge in [0, 0.05) is 6.42 Å². The fraction of sp³-hybridized carbons (Fsp3) is 0.909. The van der Waals surface area contributed by atoms with Crippen LogP contribution in [0.5, 0.6) is 0 Å². The minimum Gasteiger partial charge on any atom is -0.307 e. The fourth-order valence-electron chi connectivity index (χ4n) is 2.04. The van der Waals surface area contributed by atoms with Crippen LogP contribution in [0.1, 0.15) is 46.0 Å². The third-order valence-electron chi connectivity index (χ3n) is 2.78. The van der Waals surface area contributed by atoms with Crippen molar-refractivity contribution in [3.05, 3.63) is 0 Å². The summed E-state index contributed by atoms with van der Waals surface area (Å²) < 4.78 is 0. The molecule has 2 nitrogen and oxygen atoms in total. The molecule has 0 saturated carbocycles. The molecule has 1 heterocycles. The quantitative estimate of drug-likeness (QED) is 0.707. The third-order valence-corrected chi connectivity index (χ3v) is 2.78. The van der Waals surface area contributed by atoms with Crippen molar-refractivity contribution in [3.8, 4) is 0 Å². The Morgan fingerprint density at radius 3 is 2.92 bits per heavy atom. The molecule has 1 aliphatic rings. The van der Waals surface area contributed by atoms with E-state index in [1.54, 1.807) is 0 Å². The van der Waals surface area contributed by atoms with Gasteiger partial charge in [-0.15, -0.1) is 0 Å². The fourth-order valence-corrected chi connectivity index (χ4v) is 2.04. The van der Waals surface area contributed by atoms with Crippen LogP contribution in [0.4, 0.5) is 0 Å². The molecule has 2 unspecified atom stereocenters. The molecule has 1 N–H and O–H groups in total. The van der Waals surface area contributed by atoms with E-state index >= 15 is 0 Å². The molecule has 1 fully saturated rings. The van der Waals surface area contributed by atoms with Crippen LogP contribution in [0.15, 0.2) is 0 Å². The predicted molar refractivity (Wildman–Crippen MR) is 54.7 cm³/mol. The second-order valence-electron chi connectivity index (χ2n) is 4.21. The minimum atomic E-state index is 0.180. The molecule has 0 aromatic rings. The maximum absolute atomic E-state index is 11.7. The van der Waals surface area contributed by atoms with E-state index in [2.05, 4.69) is 19.2 Å².